The first-order valence-electron chi connectivity index (χ1n) is 12.0. The summed E-state index contributed by atoms with van der Waals surface area (Å²) in [5.41, 5.74) is 4.12. The summed E-state index contributed by atoms with van der Waals surface area (Å²) < 4.78 is 1.35. The number of hydrogen-bond acceptors (Lipinski definition) is 4. The molecule has 1 heterocycles. The van der Waals surface area contributed by atoms with Crippen LogP contribution in [0, 0.1) is 0 Å². The Morgan fingerprint density at radius 2 is 1.40 bits per heavy atom. The standard InChI is InChI=1S/C29H30N4O2/c1-4-32(5-2)24-19-17-23(18-20-24)30-28(34)26-25(21-13-9-7-10-14-21)27(22-15-11-8-12-16-22)31-33(6-3)29(26)35/h7-20H,4-6H2,1-3H3,(H,30,34). The number of nitrogens with one attached hydrogen (secondary N) is 1. The van der Waals surface area contributed by atoms with Gasteiger partial charge in [-0.3, -0.25) is 9.59 Å². The molecule has 4 aromatic rings. The molecule has 1 aromatic heterocycles. The zero-order chi connectivity index (χ0) is 24.8. The summed E-state index contributed by atoms with van der Waals surface area (Å²) in [5.74, 6) is -0.453. The molecule has 0 saturated carbocycles. The third kappa shape index (κ3) is 5.01. The van der Waals surface area contributed by atoms with Crippen molar-refractivity contribution < 1.29 is 4.79 Å². The van der Waals surface area contributed by atoms with Gasteiger partial charge in [0.05, 0.1) is 5.69 Å². The van der Waals surface area contributed by atoms with E-state index < -0.39 is 11.5 Å². The van der Waals surface area contributed by atoms with Crippen molar-refractivity contribution >= 4 is 17.3 Å². The lowest BCUT2D eigenvalue weighted by Gasteiger charge is -2.21. The van der Waals surface area contributed by atoms with Crippen molar-refractivity contribution in [1.82, 2.24) is 9.78 Å². The Labute approximate surface area is 205 Å². The molecular formula is C29H30N4O2. The first-order chi connectivity index (χ1) is 17.1. The molecule has 0 saturated heterocycles. The number of anilines is 2. The molecule has 0 atom stereocenters. The number of aromatic nitrogens is 2. The van der Waals surface area contributed by atoms with Crippen LogP contribution >= 0.6 is 0 Å². The number of benzene rings is 3. The molecule has 1 N–H and O–H groups in total. The van der Waals surface area contributed by atoms with Crippen LogP contribution < -0.4 is 15.8 Å². The molecule has 178 valence electrons. The third-order valence-corrected chi connectivity index (χ3v) is 6.05. The zero-order valence-electron chi connectivity index (χ0n) is 20.4. The van der Waals surface area contributed by atoms with E-state index in [1.165, 1.54) is 4.68 Å². The lowest BCUT2D eigenvalue weighted by molar-refractivity contribution is 0.102. The Bertz CT molecular complexity index is 1340. The number of rotatable bonds is 8. The van der Waals surface area contributed by atoms with E-state index in [1.54, 1.807) is 0 Å². The van der Waals surface area contributed by atoms with Gasteiger partial charge in [0.1, 0.15) is 5.56 Å². The minimum absolute atomic E-state index is 0.0831. The average Bonchev–Trinajstić information content (AvgIpc) is 2.91. The van der Waals surface area contributed by atoms with E-state index >= 15 is 0 Å². The van der Waals surface area contributed by atoms with Crippen molar-refractivity contribution in [1.29, 1.82) is 0 Å². The van der Waals surface area contributed by atoms with Crippen LogP contribution in [-0.4, -0.2) is 28.8 Å². The lowest BCUT2D eigenvalue weighted by atomic mass is 9.95. The fourth-order valence-corrected chi connectivity index (χ4v) is 4.22. The van der Waals surface area contributed by atoms with Gasteiger partial charge in [-0.2, -0.15) is 5.10 Å². The van der Waals surface area contributed by atoms with Crippen LogP contribution in [-0.2, 0) is 6.54 Å². The molecule has 6 heteroatoms. The predicted octanol–water partition coefficient (Wildman–Crippen LogP) is 5.70. The number of amides is 1. The largest absolute Gasteiger partial charge is 0.372 e. The summed E-state index contributed by atoms with van der Waals surface area (Å²) in [6.45, 7) is 8.22. The van der Waals surface area contributed by atoms with Crippen molar-refractivity contribution in [2.75, 3.05) is 23.3 Å². The van der Waals surface area contributed by atoms with Crippen molar-refractivity contribution in [3.05, 3.63) is 101 Å². The summed E-state index contributed by atoms with van der Waals surface area (Å²) >= 11 is 0. The van der Waals surface area contributed by atoms with Gasteiger partial charge in [-0.1, -0.05) is 60.7 Å². The van der Waals surface area contributed by atoms with Crippen LogP contribution in [0.5, 0.6) is 0 Å². The zero-order valence-corrected chi connectivity index (χ0v) is 20.4. The number of aryl methyl sites for hydroxylation is 1. The van der Waals surface area contributed by atoms with Crippen molar-refractivity contribution in [2.45, 2.75) is 27.3 Å². The molecule has 35 heavy (non-hydrogen) atoms. The lowest BCUT2D eigenvalue weighted by Crippen LogP contribution is -2.32. The van der Waals surface area contributed by atoms with Crippen molar-refractivity contribution in [3.63, 3.8) is 0 Å². The SMILES string of the molecule is CCN(CC)c1ccc(NC(=O)c2c(-c3ccccc3)c(-c3ccccc3)nn(CC)c2=O)cc1. The predicted molar refractivity (Wildman–Crippen MR) is 143 cm³/mol. The Hall–Kier alpha value is -4.19. The van der Waals surface area contributed by atoms with E-state index in [1.807, 2.05) is 91.9 Å². The van der Waals surface area contributed by atoms with Crippen LogP contribution in [0.3, 0.4) is 0 Å². The summed E-state index contributed by atoms with van der Waals surface area (Å²) in [5, 5.41) is 7.60. The fourth-order valence-electron chi connectivity index (χ4n) is 4.22. The Kier molecular flexibility index (Phi) is 7.41. The first kappa shape index (κ1) is 24.0. The normalized spacial score (nSPS) is 10.7. The molecule has 6 nitrogen and oxygen atoms in total. The molecule has 0 aliphatic carbocycles. The maximum atomic E-state index is 13.6. The van der Waals surface area contributed by atoms with Crippen LogP contribution in [0.15, 0.2) is 89.7 Å². The molecule has 0 fully saturated rings. The summed E-state index contributed by atoms with van der Waals surface area (Å²) in [7, 11) is 0. The smallest absolute Gasteiger partial charge is 0.280 e. The van der Waals surface area contributed by atoms with Gasteiger partial charge in [-0.25, -0.2) is 4.68 Å². The van der Waals surface area contributed by atoms with Crippen LogP contribution in [0.4, 0.5) is 11.4 Å². The minimum Gasteiger partial charge on any atom is -0.372 e. The molecule has 0 bridgehead atoms. The van der Waals surface area contributed by atoms with E-state index in [0.29, 0.717) is 23.5 Å². The molecule has 0 unspecified atom stereocenters. The van der Waals surface area contributed by atoms with E-state index in [2.05, 4.69) is 29.2 Å². The van der Waals surface area contributed by atoms with Gasteiger partial charge < -0.3 is 10.2 Å². The van der Waals surface area contributed by atoms with Crippen LogP contribution in [0.25, 0.3) is 22.4 Å². The number of carbonyl (C=O) groups excluding carboxylic acids is 1. The fraction of sp³-hybridized carbons (Fsp3) is 0.207. The molecule has 1 amide bonds. The van der Waals surface area contributed by atoms with Crippen LogP contribution in [0.2, 0.25) is 0 Å². The number of carbonyl (C=O) groups is 1. The first-order valence-corrected chi connectivity index (χ1v) is 12.0. The highest BCUT2D eigenvalue weighted by molar-refractivity contribution is 6.10. The minimum atomic E-state index is -0.453. The maximum absolute atomic E-state index is 13.6. The van der Waals surface area contributed by atoms with Gasteiger partial charge in [0.15, 0.2) is 0 Å². The molecular weight excluding hydrogens is 436 g/mol. The second-order valence-corrected chi connectivity index (χ2v) is 8.12. The quantitative estimate of drug-likeness (QED) is 0.362. The van der Waals surface area contributed by atoms with Gasteiger partial charge in [0, 0.05) is 42.1 Å². The van der Waals surface area contributed by atoms with E-state index in [-0.39, 0.29) is 5.56 Å². The van der Waals surface area contributed by atoms with Crippen LogP contribution in [0.1, 0.15) is 31.1 Å². The second kappa shape index (κ2) is 10.8. The van der Waals surface area contributed by atoms with Gasteiger partial charge in [0.25, 0.3) is 11.5 Å². The molecule has 4 rings (SSSR count). The molecule has 0 radical (unpaired) electrons. The Morgan fingerprint density at radius 3 is 1.94 bits per heavy atom. The Morgan fingerprint density at radius 1 is 0.829 bits per heavy atom. The highest BCUT2D eigenvalue weighted by Gasteiger charge is 2.25. The van der Waals surface area contributed by atoms with Gasteiger partial charge in [0.2, 0.25) is 0 Å². The van der Waals surface area contributed by atoms with Gasteiger partial charge in [-0.05, 0) is 50.6 Å². The summed E-state index contributed by atoms with van der Waals surface area (Å²) in [4.78, 5) is 29.3. The van der Waals surface area contributed by atoms with Crippen molar-refractivity contribution in [2.24, 2.45) is 0 Å². The molecule has 0 aliphatic rings. The Balaban J connectivity index is 1.84. The average molecular weight is 467 g/mol. The maximum Gasteiger partial charge on any atom is 0.280 e. The molecule has 0 spiro atoms. The monoisotopic (exact) mass is 466 g/mol. The van der Waals surface area contributed by atoms with E-state index in [0.717, 1.165) is 29.9 Å². The highest BCUT2D eigenvalue weighted by Crippen LogP contribution is 2.32. The third-order valence-electron chi connectivity index (χ3n) is 6.05. The van der Waals surface area contributed by atoms with E-state index in [9.17, 15) is 9.59 Å². The van der Waals surface area contributed by atoms with Gasteiger partial charge in [-0.15, -0.1) is 0 Å². The second-order valence-electron chi connectivity index (χ2n) is 8.12. The van der Waals surface area contributed by atoms with E-state index in [4.69, 9.17) is 0 Å². The topological polar surface area (TPSA) is 67.2 Å². The number of hydrogen-bond donors (Lipinski definition) is 1. The summed E-state index contributed by atoms with van der Waals surface area (Å²) in [6.07, 6.45) is 0. The molecule has 3 aromatic carbocycles. The highest BCUT2D eigenvalue weighted by atomic mass is 16.2. The van der Waals surface area contributed by atoms with Gasteiger partial charge >= 0.3 is 0 Å². The molecule has 0 aliphatic heterocycles. The van der Waals surface area contributed by atoms with Crippen molar-refractivity contribution in [3.8, 4) is 22.4 Å². The summed E-state index contributed by atoms with van der Waals surface area (Å²) in [6, 6.07) is 26.8. The number of nitrogens with zero attached hydrogens (tertiary/aromatic N) is 3.